The van der Waals surface area contributed by atoms with Crippen LogP contribution in [0.5, 0.6) is 0 Å². The van der Waals surface area contributed by atoms with Crippen LogP contribution in [0.25, 0.3) is 11.3 Å². The van der Waals surface area contributed by atoms with Crippen LogP contribution >= 0.6 is 23.4 Å². The molecular formula is C16H19ClN2O2S. The van der Waals surface area contributed by atoms with Crippen LogP contribution in [0.1, 0.15) is 26.5 Å². The van der Waals surface area contributed by atoms with Crippen molar-refractivity contribution in [1.29, 1.82) is 0 Å². The minimum absolute atomic E-state index is 0.0231. The minimum Gasteiger partial charge on any atom is -0.360 e. The zero-order valence-electron chi connectivity index (χ0n) is 12.9. The molecule has 1 N–H and O–H groups in total. The van der Waals surface area contributed by atoms with Crippen molar-refractivity contribution in [2.75, 3.05) is 5.75 Å². The van der Waals surface area contributed by atoms with Crippen molar-refractivity contribution in [2.24, 2.45) is 0 Å². The highest BCUT2D eigenvalue weighted by atomic mass is 35.5. The number of benzene rings is 1. The van der Waals surface area contributed by atoms with Crippen molar-refractivity contribution in [2.45, 2.75) is 32.1 Å². The van der Waals surface area contributed by atoms with Gasteiger partial charge in [0, 0.05) is 22.2 Å². The quantitative estimate of drug-likeness (QED) is 0.890. The molecule has 0 fully saturated rings. The SMILES string of the molecule is CC(C)(C)NC(=O)CSCc1cc(-c2ccc(Cl)cc2)no1. The molecule has 1 heterocycles. The number of hydrogen-bond acceptors (Lipinski definition) is 4. The maximum absolute atomic E-state index is 11.7. The van der Waals surface area contributed by atoms with Crippen LogP contribution in [0.4, 0.5) is 0 Å². The smallest absolute Gasteiger partial charge is 0.230 e. The van der Waals surface area contributed by atoms with Gasteiger partial charge in [-0.05, 0) is 32.9 Å². The number of nitrogens with one attached hydrogen (secondary N) is 1. The number of thioether (sulfide) groups is 1. The predicted octanol–water partition coefficient (Wildman–Crippen LogP) is 4.14. The molecule has 0 aliphatic carbocycles. The highest BCUT2D eigenvalue weighted by Crippen LogP contribution is 2.23. The Balaban J connectivity index is 1.85. The molecular weight excluding hydrogens is 320 g/mol. The molecule has 0 aliphatic heterocycles. The largest absolute Gasteiger partial charge is 0.360 e. The van der Waals surface area contributed by atoms with E-state index in [-0.39, 0.29) is 11.4 Å². The molecule has 118 valence electrons. The number of nitrogens with zero attached hydrogens (tertiary/aromatic N) is 1. The van der Waals surface area contributed by atoms with E-state index < -0.39 is 0 Å². The first-order chi connectivity index (χ1) is 10.3. The normalized spacial score (nSPS) is 11.5. The van der Waals surface area contributed by atoms with Crippen molar-refractivity contribution >= 4 is 29.3 Å². The van der Waals surface area contributed by atoms with Crippen LogP contribution in [-0.4, -0.2) is 22.4 Å². The van der Waals surface area contributed by atoms with Crippen LogP contribution < -0.4 is 5.32 Å². The number of hydrogen-bond donors (Lipinski definition) is 1. The molecule has 2 aromatic rings. The summed E-state index contributed by atoms with van der Waals surface area (Å²) < 4.78 is 5.30. The summed E-state index contributed by atoms with van der Waals surface area (Å²) >= 11 is 7.36. The van der Waals surface area contributed by atoms with Crippen molar-refractivity contribution in [3.8, 4) is 11.3 Å². The van der Waals surface area contributed by atoms with E-state index in [1.54, 1.807) is 0 Å². The fraction of sp³-hybridized carbons (Fsp3) is 0.375. The summed E-state index contributed by atoms with van der Waals surface area (Å²) in [5.41, 5.74) is 1.52. The van der Waals surface area contributed by atoms with Gasteiger partial charge in [-0.1, -0.05) is 28.9 Å². The zero-order valence-corrected chi connectivity index (χ0v) is 14.4. The van der Waals surface area contributed by atoms with Crippen molar-refractivity contribution in [3.63, 3.8) is 0 Å². The van der Waals surface area contributed by atoms with Crippen LogP contribution in [-0.2, 0) is 10.5 Å². The lowest BCUT2D eigenvalue weighted by Crippen LogP contribution is -2.41. The van der Waals surface area contributed by atoms with Gasteiger partial charge >= 0.3 is 0 Å². The average Bonchev–Trinajstić information content (AvgIpc) is 2.86. The van der Waals surface area contributed by atoms with Crippen molar-refractivity contribution in [1.82, 2.24) is 10.5 Å². The first-order valence-electron chi connectivity index (χ1n) is 6.94. The second-order valence-corrected chi connectivity index (χ2v) is 7.40. The third kappa shape index (κ3) is 5.39. The van der Waals surface area contributed by atoms with E-state index >= 15 is 0 Å². The van der Waals surface area contributed by atoms with E-state index in [1.807, 2.05) is 51.1 Å². The summed E-state index contributed by atoms with van der Waals surface area (Å²) in [5, 5.41) is 7.65. The standard InChI is InChI=1S/C16H19ClN2O2S/c1-16(2,3)18-15(20)10-22-9-13-8-14(19-21-13)11-4-6-12(17)7-5-11/h4-8H,9-10H2,1-3H3,(H,18,20). The number of amides is 1. The van der Waals surface area contributed by atoms with Crippen LogP contribution in [0, 0.1) is 0 Å². The minimum atomic E-state index is -0.203. The van der Waals surface area contributed by atoms with Gasteiger partial charge in [-0.25, -0.2) is 0 Å². The molecule has 6 heteroatoms. The van der Waals surface area contributed by atoms with Gasteiger partial charge in [0.2, 0.25) is 5.91 Å². The maximum atomic E-state index is 11.7. The predicted molar refractivity (Wildman–Crippen MR) is 91.0 cm³/mol. The van der Waals surface area contributed by atoms with Crippen molar-refractivity contribution in [3.05, 3.63) is 41.1 Å². The lowest BCUT2D eigenvalue weighted by Gasteiger charge is -2.20. The fourth-order valence-electron chi connectivity index (χ4n) is 1.84. The Morgan fingerprint density at radius 2 is 2.00 bits per heavy atom. The van der Waals surface area contributed by atoms with E-state index in [2.05, 4.69) is 10.5 Å². The Kier molecular flexibility index (Phi) is 5.53. The van der Waals surface area contributed by atoms with E-state index in [1.165, 1.54) is 11.8 Å². The Morgan fingerprint density at radius 3 is 2.64 bits per heavy atom. The van der Waals surface area contributed by atoms with E-state index in [4.69, 9.17) is 16.1 Å². The lowest BCUT2D eigenvalue weighted by atomic mass is 10.1. The van der Waals surface area contributed by atoms with Crippen LogP contribution in [0.15, 0.2) is 34.9 Å². The second-order valence-electron chi connectivity index (χ2n) is 5.98. The molecule has 0 saturated heterocycles. The number of rotatable bonds is 5. The fourth-order valence-corrected chi connectivity index (χ4v) is 2.66. The van der Waals surface area contributed by atoms with Gasteiger partial charge < -0.3 is 9.84 Å². The van der Waals surface area contributed by atoms with Crippen LogP contribution in [0.2, 0.25) is 5.02 Å². The summed E-state index contributed by atoms with van der Waals surface area (Å²) in [5.74, 6) is 1.78. The van der Waals surface area contributed by atoms with Gasteiger partial charge in [-0.3, -0.25) is 4.79 Å². The van der Waals surface area contributed by atoms with Crippen molar-refractivity contribution < 1.29 is 9.32 Å². The third-order valence-electron chi connectivity index (χ3n) is 2.69. The molecule has 1 aromatic carbocycles. The molecule has 1 aromatic heterocycles. The molecule has 0 spiro atoms. The zero-order chi connectivity index (χ0) is 16.2. The van der Waals surface area contributed by atoms with E-state index in [0.717, 1.165) is 17.0 Å². The van der Waals surface area contributed by atoms with Gasteiger partial charge in [-0.15, -0.1) is 11.8 Å². The number of halogens is 1. The molecule has 0 aliphatic rings. The number of aromatic nitrogens is 1. The average molecular weight is 339 g/mol. The summed E-state index contributed by atoms with van der Waals surface area (Å²) in [4.78, 5) is 11.7. The van der Waals surface area contributed by atoms with E-state index in [9.17, 15) is 4.79 Å². The molecule has 0 bridgehead atoms. The molecule has 2 rings (SSSR count). The third-order valence-corrected chi connectivity index (χ3v) is 3.90. The van der Waals surface area contributed by atoms with Gasteiger partial charge in [0.05, 0.1) is 11.5 Å². The Hall–Kier alpha value is -1.46. The molecule has 0 saturated carbocycles. The second kappa shape index (κ2) is 7.20. The molecule has 0 atom stereocenters. The molecule has 0 radical (unpaired) electrons. The lowest BCUT2D eigenvalue weighted by molar-refractivity contribution is -0.119. The highest BCUT2D eigenvalue weighted by molar-refractivity contribution is 7.99. The Morgan fingerprint density at radius 1 is 1.32 bits per heavy atom. The first kappa shape index (κ1) is 16.9. The molecule has 0 unspecified atom stereocenters. The molecule has 4 nitrogen and oxygen atoms in total. The molecule has 1 amide bonds. The monoisotopic (exact) mass is 338 g/mol. The number of carbonyl (C=O) groups is 1. The molecule has 22 heavy (non-hydrogen) atoms. The van der Waals surface area contributed by atoms with E-state index in [0.29, 0.717) is 16.5 Å². The summed E-state index contributed by atoms with van der Waals surface area (Å²) in [6, 6.07) is 9.31. The first-order valence-corrected chi connectivity index (χ1v) is 8.47. The van der Waals surface area contributed by atoms with Crippen LogP contribution in [0.3, 0.4) is 0 Å². The Labute approximate surface area is 139 Å². The summed E-state index contributed by atoms with van der Waals surface area (Å²) in [7, 11) is 0. The van der Waals surface area contributed by atoms with Gasteiger partial charge in [0.25, 0.3) is 0 Å². The number of carbonyl (C=O) groups excluding carboxylic acids is 1. The van der Waals surface area contributed by atoms with Gasteiger partial charge in [0.15, 0.2) is 0 Å². The van der Waals surface area contributed by atoms with Gasteiger partial charge in [-0.2, -0.15) is 0 Å². The topological polar surface area (TPSA) is 55.1 Å². The Bertz CT molecular complexity index is 632. The highest BCUT2D eigenvalue weighted by Gasteiger charge is 2.14. The summed E-state index contributed by atoms with van der Waals surface area (Å²) in [6.45, 7) is 5.89. The summed E-state index contributed by atoms with van der Waals surface area (Å²) in [6.07, 6.45) is 0. The maximum Gasteiger partial charge on any atom is 0.230 e. The van der Waals surface area contributed by atoms with Gasteiger partial charge in [0.1, 0.15) is 11.5 Å².